The molecule has 0 aliphatic heterocycles. The number of ether oxygens (including phenoxy) is 1. The second kappa shape index (κ2) is 9.36. The van der Waals surface area contributed by atoms with Crippen molar-refractivity contribution in [2.45, 2.75) is 6.92 Å². The summed E-state index contributed by atoms with van der Waals surface area (Å²) in [4.78, 5) is 24.8. The first kappa shape index (κ1) is 19.9. The summed E-state index contributed by atoms with van der Waals surface area (Å²) in [5, 5.41) is 5.68. The number of carbonyl (C=O) groups excluding carboxylic acids is 2. The summed E-state index contributed by atoms with van der Waals surface area (Å²) in [6.07, 6.45) is 0. The average Bonchev–Trinajstić information content (AvgIpc) is 2.69. The fraction of sp³-hybridized carbons (Fsp3) is 0.0909. The monoisotopic (exact) mass is 486 g/mol. The van der Waals surface area contributed by atoms with Gasteiger partial charge < -0.3 is 15.4 Å². The molecule has 0 atom stereocenters. The van der Waals surface area contributed by atoms with E-state index in [1.54, 1.807) is 60.7 Å². The number of benzene rings is 3. The molecule has 142 valence electrons. The molecule has 0 spiro atoms. The summed E-state index contributed by atoms with van der Waals surface area (Å²) in [7, 11) is 0. The molecule has 0 heterocycles. The van der Waals surface area contributed by atoms with E-state index in [1.165, 1.54) is 0 Å². The van der Waals surface area contributed by atoms with Crippen LogP contribution in [0, 0.1) is 3.57 Å². The smallest absolute Gasteiger partial charge is 0.255 e. The minimum Gasteiger partial charge on any atom is -0.494 e. The summed E-state index contributed by atoms with van der Waals surface area (Å²) in [5.74, 6) is 0.287. The fourth-order valence-corrected chi connectivity index (χ4v) is 2.91. The van der Waals surface area contributed by atoms with Crippen LogP contribution in [0.2, 0.25) is 0 Å². The van der Waals surface area contributed by atoms with Gasteiger partial charge in [0.05, 0.1) is 6.61 Å². The molecular weight excluding hydrogens is 467 g/mol. The van der Waals surface area contributed by atoms with E-state index >= 15 is 0 Å². The molecule has 0 radical (unpaired) electrons. The van der Waals surface area contributed by atoms with Crippen molar-refractivity contribution in [3.05, 3.63) is 87.5 Å². The van der Waals surface area contributed by atoms with Crippen LogP contribution < -0.4 is 15.4 Å². The molecule has 3 rings (SSSR count). The number of carbonyl (C=O) groups is 2. The Bertz CT molecular complexity index is 970. The van der Waals surface area contributed by atoms with E-state index in [0.29, 0.717) is 29.1 Å². The topological polar surface area (TPSA) is 67.4 Å². The number of hydrogen-bond donors (Lipinski definition) is 2. The van der Waals surface area contributed by atoms with E-state index in [1.807, 2.05) is 19.1 Å². The maximum Gasteiger partial charge on any atom is 0.255 e. The highest BCUT2D eigenvalue weighted by molar-refractivity contribution is 14.1. The van der Waals surface area contributed by atoms with Crippen molar-refractivity contribution in [2.24, 2.45) is 0 Å². The van der Waals surface area contributed by atoms with Crippen molar-refractivity contribution in [1.82, 2.24) is 0 Å². The lowest BCUT2D eigenvalue weighted by Crippen LogP contribution is -2.14. The zero-order chi connectivity index (χ0) is 19.9. The lowest BCUT2D eigenvalue weighted by Gasteiger charge is -2.10. The summed E-state index contributed by atoms with van der Waals surface area (Å²) in [5.41, 5.74) is 2.30. The molecule has 2 amide bonds. The summed E-state index contributed by atoms with van der Waals surface area (Å²) in [6, 6.07) is 21.3. The van der Waals surface area contributed by atoms with Crippen LogP contribution >= 0.6 is 22.6 Å². The molecule has 2 N–H and O–H groups in total. The molecule has 6 heteroatoms. The molecule has 0 aliphatic carbocycles. The SMILES string of the molecule is CCOc1ccc(C(=O)Nc2cccc(NC(=O)c3ccc(I)cc3)c2)cc1. The van der Waals surface area contributed by atoms with Crippen molar-refractivity contribution in [3.8, 4) is 5.75 Å². The molecule has 0 saturated carbocycles. The number of amides is 2. The minimum absolute atomic E-state index is 0.202. The first-order valence-corrected chi connectivity index (χ1v) is 9.84. The summed E-state index contributed by atoms with van der Waals surface area (Å²) in [6.45, 7) is 2.48. The molecule has 3 aromatic rings. The molecule has 28 heavy (non-hydrogen) atoms. The van der Waals surface area contributed by atoms with Crippen LogP contribution in [0.5, 0.6) is 5.75 Å². The molecule has 0 aliphatic rings. The second-order valence-electron chi connectivity index (χ2n) is 5.95. The fourth-order valence-electron chi connectivity index (χ4n) is 2.55. The van der Waals surface area contributed by atoms with Crippen molar-refractivity contribution < 1.29 is 14.3 Å². The van der Waals surface area contributed by atoms with Crippen molar-refractivity contribution in [3.63, 3.8) is 0 Å². The van der Waals surface area contributed by atoms with Crippen molar-refractivity contribution in [1.29, 1.82) is 0 Å². The standard InChI is InChI=1S/C22H19IN2O3/c1-2-28-20-12-8-16(9-13-20)22(27)25-19-5-3-4-18(14-19)24-21(26)15-6-10-17(23)11-7-15/h3-14H,2H2,1H3,(H,24,26)(H,25,27). The highest BCUT2D eigenvalue weighted by Crippen LogP contribution is 2.18. The number of anilines is 2. The zero-order valence-electron chi connectivity index (χ0n) is 15.2. The van der Waals surface area contributed by atoms with Gasteiger partial charge in [-0.15, -0.1) is 0 Å². The molecule has 5 nitrogen and oxygen atoms in total. The Morgan fingerprint density at radius 1 is 0.821 bits per heavy atom. The van der Waals surface area contributed by atoms with E-state index in [0.717, 1.165) is 9.32 Å². The largest absolute Gasteiger partial charge is 0.494 e. The Hall–Kier alpha value is -2.87. The highest BCUT2D eigenvalue weighted by atomic mass is 127. The Morgan fingerprint density at radius 2 is 1.32 bits per heavy atom. The van der Waals surface area contributed by atoms with Gasteiger partial charge in [0.25, 0.3) is 11.8 Å². The average molecular weight is 486 g/mol. The zero-order valence-corrected chi connectivity index (χ0v) is 17.4. The van der Waals surface area contributed by atoms with E-state index in [9.17, 15) is 9.59 Å². The van der Waals surface area contributed by atoms with Crippen molar-refractivity contribution in [2.75, 3.05) is 17.2 Å². The quantitative estimate of drug-likeness (QED) is 0.471. The van der Waals surface area contributed by atoms with Crippen LogP contribution in [0.25, 0.3) is 0 Å². The van der Waals surface area contributed by atoms with Gasteiger partial charge in [-0.2, -0.15) is 0 Å². The number of halogens is 1. The van der Waals surface area contributed by atoms with Crippen LogP contribution in [0.15, 0.2) is 72.8 Å². The second-order valence-corrected chi connectivity index (χ2v) is 7.20. The van der Waals surface area contributed by atoms with E-state index in [4.69, 9.17) is 4.74 Å². The molecule has 0 bridgehead atoms. The molecule has 0 saturated heterocycles. The maximum atomic E-state index is 12.4. The third-order valence-corrected chi connectivity index (χ3v) is 4.63. The van der Waals surface area contributed by atoms with Crippen molar-refractivity contribution >= 4 is 45.8 Å². The lowest BCUT2D eigenvalue weighted by molar-refractivity contribution is 0.101. The van der Waals surface area contributed by atoms with E-state index in [-0.39, 0.29) is 11.8 Å². The highest BCUT2D eigenvalue weighted by Gasteiger charge is 2.09. The van der Waals surface area contributed by atoms with Gasteiger partial charge in [0.15, 0.2) is 0 Å². The van der Waals surface area contributed by atoms with Crippen LogP contribution in [-0.2, 0) is 0 Å². The Labute approximate surface area is 177 Å². The number of nitrogens with one attached hydrogen (secondary N) is 2. The summed E-state index contributed by atoms with van der Waals surface area (Å²) >= 11 is 2.19. The van der Waals surface area contributed by atoms with Gasteiger partial charge in [-0.3, -0.25) is 9.59 Å². The number of rotatable bonds is 6. The van der Waals surface area contributed by atoms with Crippen LogP contribution in [-0.4, -0.2) is 18.4 Å². The molecule has 0 aromatic heterocycles. The van der Waals surface area contributed by atoms with Gasteiger partial charge >= 0.3 is 0 Å². The predicted molar refractivity (Wildman–Crippen MR) is 119 cm³/mol. The van der Waals surface area contributed by atoms with Gasteiger partial charge in [0, 0.05) is 26.1 Å². The molecular formula is C22H19IN2O3. The van der Waals surface area contributed by atoms with Crippen LogP contribution in [0.4, 0.5) is 11.4 Å². The van der Waals surface area contributed by atoms with Crippen LogP contribution in [0.1, 0.15) is 27.6 Å². The normalized spacial score (nSPS) is 10.2. The van der Waals surface area contributed by atoms with Gasteiger partial charge in [-0.1, -0.05) is 6.07 Å². The minimum atomic E-state index is -0.232. The van der Waals surface area contributed by atoms with Gasteiger partial charge in [-0.25, -0.2) is 0 Å². The predicted octanol–water partition coefficient (Wildman–Crippen LogP) is 5.19. The Kier molecular flexibility index (Phi) is 6.65. The number of hydrogen-bond acceptors (Lipinski definition) is 3. The van der Waals surface area contributed by atoms with Crippen LogP contribution in [0.3, 0.4) is 0 Å². The van der Waals surface area contributed by atoms with E-state index in [2.05, 4.69) is 33.2 Å². The maximum absolute atomic E-state index is 12.4. The first-order chi connectivity index (χ1) is 13.5. The molecule has 3 aromatic carbocycles. The third kappa shape index (κ3) is 5.32. The van der Waals surface area contributed by atoms with E-state index < -0.39 is 0 Å². The Balaban J connectivity index is 1.66. The van der Waals surface area contributed by atoms with Gasteiger partial charge in [0.1, 0.15) is 5.75 Å². The molecule has 0 unspecified atom stereocenters. The Morgan fingerprint density at radius 3 is 1.82 bits per heavy atom. The third-order valence-electron chi connectivity index (χ3n) is 3.91. The first-order valence-electron chi connectivity index (χ1n) is 8.76. The summed E-state index contributed by atoms with van der Waals surface area (Å²) < 4.78 is 6.45. The lowest BCUT2D eigenvalue weighted by atomic mass is 10.2. The van der Waals surface area contributed by atoms with Gasteiger partial charge in [0.2, 0.25) is 0 Å². The van der Waals surface area contributed by atoms with Gasteiger partial charge in [-0.05, 0) is 96.2 Å². The molecule has 0 fully saturated rings.